The Morgan fingerprint density at radius 1 is 1.35 bits per heavy atom. The molecule has 17 heavy (non-hydrogen) atoms. The molecule has 0 N–H and O–H groups in total. The summed E-state index contributed by atoms with van der Waals surface area (Å²) in [5, 5.41) is 11.4. The van der Waals surface area contributed by atoms with E-state index in [4.69, 9.17) is 0 Å². The number of benzene rings is 1. The minimum atomic E-state index is 0.542. The summed E-state index contributed by atoms with van der Waals surface area (Å²) in [5.74, 6) is 0. The predicted molar refractivity (Wildman–Crippen MR) is 67.2 cm³/mol. The topological polar surface area (TPSA) is 59.6 Å². The van der Waals surface area contributed by atoms with Crippen molar-refractivity contribution in [3.63, 3.8) is 0 Å². The van der Waals surface area contributed by atoms with Gasteiger partial charge in [-0.05, 0) is 6.42 Å². The Bertz CT molecular complexity index is 558. The number of nitroso groups, excluding NO2 is 1. The van der Waals surface area contributed by atoms with Crippen molar-refractivity contribution in [2.45, 2.75) is 19.9 Å². The molecule has 0 aliphatic carbocycles. The van der Waals surface area contributed by atoms with Crippen molar-refractivity contribution in [3.8, 4) is 10.6 Å². The van der Waals surface area contributed by atoms with Gasteiger partial charge in [0.1, 0.15) is 5.01 Å². The lowest BCUT2D eigenvalue weighted by atomic mass is 10.2. The van der Waals surface area contributed by atoms with Gasteiger partial charge in [-0.1, -0.05) is 53.7 Å². The minimum Gasteiger partial charge on any atom is -0.236 e. The molecule has 0 bridgehead atoms. The third-order valence-electron chi connectivity index (χ3n) is 2.20. The first-order valence-corrected chi connectivity index (χ1v) is 6.16. The fourth-order valence-corrected chi connectivity index (χ4v) is 2.35. The van der Waals surface area contributed by atoms with Crippen LogP contribution in [0.5, 0.6) is 0 Å². The van der Waals surface area contributed by atoms with Crippen LogP contribution in [0.25, 0.3) is 10.6 Å². The Labute approximate surface area is 102 Å². The standard InChI is InChI=1S/C11H12N4OS/c1-2-8-15-11(12-14-16)17-10(13-15)9-6-4-3-5-7-9/h3-7H,2,8H2,1H3/b12-11+. The maximum absolute atomic E-state index is 10.2. The number of hydrogen-bond donors (Lipinski definition) is 0. The molecule has 0 aliphatic rings. The average Bonchev–Trinajstić information content (AvgIpc) is 2.75. The van der Waals surface area contributed by atoms with E-state index in [1.807, 2.05) is 37.3 Å². The molecule has 6 heteroatoms. The van der Waals surface area contributed by atoms with E-state index in [-0.39, 0.29) is 0 Å². The summed E-state index contributed by atoms with van der Waals surface area (Å²) in [6, 6.07) is 9.82. The van der Waals surface area contributed by atoms with Crippen molar-refractivity contribution in [2.75, 3.05) is 0 Å². The van der Waals surface area contributed by atoms with Gasteiger partial charge in [0.2, 0.25) is 4.80 Å². The Balaban J connectivity index is 2.47. The SMILES string of the molecule is CCCn1nc(-c2ccccc2)s/c1=N/N=O. The monoisotopic (exact) mass is 248 g/mol. The maximum Gasteiger partial charge on any atom is 0.232 e. The zero-order valence-corrected chi connectivity index (χ0v) is 10.2. The molecule has 1 aromatic carbocycles. The Hall–Kier alpha value is -1.82. The fraction of sp³-hybridized carbons (Fsp3) is 0.273. The van der Waals surface area contributed by atoms with Crippen molar-refractivity contribution in [1.82, 2.24) is 9.78 Å². The van der Waals surface area contributed by atoms with Crippen LogP contribution in [0.1, 0.15) is 13.3 Å². The fourth-order valence-electron chi connectivity index (χ4n) is 1.47. The van der Waals surface area contributed by atoms with Gasteiger partial charge in [-0.2, -0.15) is 5.10 Å². The van der Waals surface area contributed by atoms with Crippen LogP contribution in [-0.2, 0) is 6.54 Å². The highest BCUT2D eigenvalue weighted by atomic mass is 32.1. The molecule has 1 aromatic heterocycles. The summed E-state index contributed by atoms with van der Waals surface area (Å²) in [7, 11) is 0. The molecule has 0 atom stereocenters. The highest BCUT2D eigenvalue weighted by molar-refractivity contribution is 7.12. The predicted octanol–water partition coefficient (Wildman–Crippen LogP) is 2.60. The van der Waals surface area contributed by atoms with Crippen molar-refractivity contribution < 1.29 is 0 Å². The molecule has 1 heterocycles. The second kappa shape index (κ2) is 5.49. The van der Waals surface area contributed by atoms with Gasteiger partial charge in [-0.3, -0.25) is 0 Å². The summed E-state index contributed by atoms with van der Waals surface area (Å²) in [4.78, 5) is 10.8. The first-order chi connectivity index (χ1) is 8.35. The van der Waals surface area contributed by atoms with Gasteiger partial charge < -0.3 is 0 Å². The normalized spacial score (nSPS) is 11.7. The van der Waals surface area contributed by atoms with Crippen LogP contribution in [0.3, 0.4) is 0 Å². The summed E-state index contributed by atoms with van der Waals surface area (Å²) in [6.07, 6.45) is 0.935. The van der Waals surface area contributed by atoms with E-state index in [0.29, 0.717) is 4.80 Å². The molecule has 0 radical (unpaired) electrons. The quantitative estimate of drug-likeness (QED) is 0.616. The molecule has 0 fully saturated rings. The molecule has 0 saturated heterocycles. The van der Waals surface area contributed by atoms with E-state index in [0.717, 1.165) is 23.5 Å². The number of rotatable bonds is 4. The van der Waals surface area contributed by atoms with Crippen LogP contribution in [0.2, 0.25) is 0 Å². The molecule has 0 spiro atoms. The average molecular weight is 248 g/mol. The second-order valence-electron chi connectivity index (χ2n) is 3.46. The van der Waals surface area contributed by atoms with Crippen molar-refractivity contribution in [2.24, 2.45) is 10.4 Å². The molecular weight excluding hydrogens is 236 g/mol. The van der Waals surface area contributed by atoms with Gasteiger partial charge in [-0.15, -0.1) is 4.91 Å². The van der Waals surface area contributed by atoms with Crippen molar-refractivity contribution in [1.29, 1.82) is 0 Å². The number of nitrogens with zero attached hydrogens (tertiary/aromatic N) is 4. The summed E-state index contributed by atoms with van der Waals surface area (Å²) in [6.45, 7) is 2.78. The number of hydrogen-bond acceptors (Lipinski definition) is 4. The van der Waals surface area contributed by atoms with Gasteiger partial charge in [0.25, 0.3) is 0 Å². The van der Waals surface area contributed by atoms with E-state index in [9.17, 15) is 4.91 Å². The van der Waals surface area contributed by atoms with E-state index in [2.05, 4.69) is 15.5 Å². The largest absolute Gasteiger partial charge is 0.236 e. The molecule has 2 aromatic rings. The van der Waals surface area contributed by atoms with Gasteiger partial charge in [0, 0.05) is 12.1 Å². The van der Waals surface area contributed by atoms with Crippen LogP contribution < -0.4 is 4.80 Å². The van der Waals surface area contributed by atoms with Crippen molar-refractivity contribution in [3.05, 3.63) is 40.0 Å². The first-order valence-electron chi connectivity index (χ1n) is 5.35. The van der Waals surface area contributed by atoms with Gasteiger partial charge in [0.15, 0.2) is 0 Å². The zero-order chi connectivity index (χ0) is 12.1. The summed E-state index contributed by atoms with van der Waals surface area (Å²) < 4.78 is 1.72. The first kappa shape index (κ1) is 11.7. The van der Waals surface area contributed by atoms with Crippen LogP contribution >= 0.6 is 11.3 Å². The third kappa shape index (κ3) is 2.65. The van der Waals surface area contributed by atoms with E-state index in [1.54, 1.807) is 4.68 Å². The maximum atomic E-state index is 10.2. The number of aromatic nitrogens is 2. The smallest absolute Gasteiger partial charge is 0.232 e. The van der Waals surface area contributed by atoms with Crippen LogP contribution in [-0.4, -0.2) is 9.78 Å². The van der Waals surface area contributed by atoms with Crippen LogP contribution in [0, 0.1) is 4.91 Å². The van der Waals surface area contributed by atoms with Gasteiger partial charge >= 0.3 is 0 Å². The highest BCUT2D eigenvalue weighted by Gasteiger charge is 2.06. The molecule has 0 amide bonds. The molecule has 0 unspecified atom stereocenters. The van der Waals surface area contributed by atoms with Gasteiger partial charge in [-0.25, -0.2) is 4.68 Å². The van der Waals surface area contributed by atoms with Gasteiger partial charge in [0.05, 0.1) is 5.29 Å². The Morgan fingerprint density at radius 2 is 2.12 bits per heavy atom. The highest BCUT2D eigenvalue weighted by Crippen LogP contribution is 2.18. The van der Waals surface area contributed by atoms with E-state index in [1.165, 1.54) is 11.3 Å². The Morgan fingerprint density at radius 3 is 2.76 bits per heavy atom. The molecule has 0 saturated carbocycles. The minimum absolute atomic E-state index is 0.542. The third-order valence-corrected chi connectivity index (χ3v) is 3.19. The lowest BCUT2D eigenvalue weighted by Crippen LogP contribution is -2.15. The summed E-state index contributed by atoms with van der Waals surface area (Å²) in [5.41, 5.74) is 1.02. The lowest BCUT2D eigenvalue weighted by molar-refractivity contribution is 0.578. The van der Waals surface area contributed by atoms with E-state index >= 15 is 0 Å². The summed E-state index contributed by atoms with van der Waals surface area (Å²) >= 11 is 1.37. The zero-order valence-electron chi connectivity index (χ0n) is 9.41. The number of aryl methyl sites for hydroxylation is 1. The molecule has 2 rings (SSSR count). The van der Waals surface area contributed by atoms with Crippen LogP contribution in [0.4, 0.5) is 0 Å². The molecule has 88 valence electrons. The second-order valence-corrected chi connectivity index (χ2v) is 4.42. The molecular formula is C11H12N4OS. The Kier molecular flexibility index (Phi) is 3.77. The molecule has 5 nitrogen and oxygen atoms in total. The van der Waals surface area contributed by atoms with Crippen molar-refractivity contribution >= 4 is 11.3 Å². The van der Waals surface area contributed by atoms with E-state index < -0.39 is 0 Å². The molecule has 0 aliphatic heterocycles. The van der Waals surface area contributed by atoms with Crippen LogP contribution in [0.15, 0.2) is 40.7 Å². The lowest BCUT2D eigenvalue weighted by Gasteiger charge is -1.96.